The molecule has 0 radical (unpaired) electrons. The van der Waals surface area contributed by atoms with Crippen molar-refractivity contribution in [2.24, 2.45) is 7.05 Å². The third-order valence-electron chi connectivity index (χ3n) is 6.42. The number of piperazine rings is 1. The van der Waals surface area contributed by atoms with Gasteiger partial charge in [-0.1, -0.05) is 6.92 Å². The molecule has 2 aliphatic heterocycles. The molecule has 2 aliphatic rings. The molecule has 2 unspecified atom stereocenters. The molecule has 152 valence electrons. The van der Waals surface area contributed by atoms with Crippen molar-refractivity contribution in [2.75, 3.05) is 43.0 Å². The number of pyridine rings is 1. The molecular weight excluding hydrogens is 362 g/mol. The van der Waals surface area contributed by atoms with E-state index in [9.17, 15) is 9.18 Å². The van der Waals surface area contributed by atoms with Crippen LogP contribution in [0.2, 0.25) is 0 Å². The molecule has 1 aromatic heterocycles. The molecule has 28 heavy (non-hydrogen) atoms. The van der Waals surface area contributed by atoms with Crippen LogP contribution in [0.15, 0.2) is 10.9 Å². The predicted octanol–water partition coefficient (Wildman–Crippen LogP) is 2.86. The highest BCUT2D eigenvalue weighted by Crippen LogP contribution is 2.41. The number of anilines is 2. The van der Waals surface area contributed by atoms with Gasteiger partial charge in [-0.3, -0.25) is 9.69 Å². The van der Waals surface area contributed by atoms with Crippen LogP contribution >= 0.6 is 0 Å². The van der Waals surface area contributed by atoms with Gasteiger partial charge in [0.1, 0.15) is 11.5 Å². The first-order chi connectivity index (χ1) is 13.3. The first-order valence-corrected chi connectivity index (χ1v) is 9.99. The molecule has 5 nitrogen and oxygen atoms in total. The van der Waals surface area contributed by atoms with Gasteiger partial charge >= 0.3 is 0 Å². The lowest BCUT2D eigenvalue weighted by atomic mass is 9.98. The second-order valence-corrected chi connectivity index (χ2v) is 8.30. The lowest BCUT2D eigenvalue weighted by Crippen LogP contribution is -2.62. The Morgan fingerprint density at radius 2 is 1.86 bits per heavy atom. The Morgan fingerprint density at radius 3 is 2.54 bits per heavy atom. The maximum Gasteiger partial charge on any atom is 0.276 e. The number of likely N-dealkylation sites (N-methyl/N-ethyl adjacent to an activating group) is 1. The summed E-state index contributed by atoms with van der Waals surface area (Å²) in [5.41, 5.74) is 1.19. The van der Waals surface area contributed by atoms with E-state index in [1.165, 1.54) is 17.6 Å². The Labute approximate surface area is 164 Å². The van der Waals surface area contributed by atoms with Crippen LogP contribution in [0, 0.1) is 18.6 Å². The number of halogens is 2. The van der Waals surface area contributed by atoms with Crippen LogP contribution < -0.4 is 15.4 Å². The standard InChI is InChI=1S/C21H28F2N4O/c1-6-7-26-11-14-10-24(4)12(2)9-27(14)19-15-8-16(22)13(3)17(23)18(15)25(5)21(28)20(19)26/h8,12,14H,6-7,9-11H2,1-5H3. The van der Waals surface area contributed by atoms with Crippen molar-refractivity contribution in [3.63, 3.8) is 0 Å². The number of benzene rings is 1. The van der Waals surface area contributed by atoms with Crippen LogP contribution in [0.5, 0.6) is 0 Å². The van der Waals surface area contributed by atoms with E-state index in [0.29, 0.717) is 22.8 Å². The van der Waals surface area contributed by atoms with Crippen molar-refractivity contribution in [1.82, 2.24) is 9.47 Å². The number of hydrogen-bond donors (Lipinski definition) is 0. The molecule has 3 heterocycles. The fraction of sp³-hybridized carbons (Fsp3) is 0.571. The maximum atomic E-state index is 15.0. The van der Waals surface area contributed by atoms with Crippen LogP contribution in [0.4, 0.5) is 20.2 Å². The quantitative estimate of drug-likeness (QED) is 0.789. The van der Waals surface area contributed by atoms with Gasteiger partial charge in [0.15, 0.2) is 5.82 Å². The molecule has 0 aliphatic carbocycles. The molecular formula is C21H28F2N4O. The van der Waals surface area contributed by atoms with Crippen molar-refractivity contribution in [1.29, 1.82) is 0 Å². The van der Waals surface area contributed by atoms with Gasteiger partial charge in [-0.15, -0.1) is 0 Å². The zero-order valence-corrected chi connectivity index (χ0v) is 17.2. The predicted molar refractivity (Wildman–Crippen MR) is 110 cm³/mol. The summed E-state index contributed by atoms with van der Waals surface area (Å²) in [5.74, 6) is -1.22. The SMILES string of the molecule is CCCN1CC2CN(C)C(C)CN2c2c1c(=O)n(C)c1c(F)c(C)c(F)cc21. The van der Waals surface area contributed by atoms with Gasteiger partial charge in [0.2, 0.25) is 0 Å². The summed E-state index contributed by atoms with van der Waals surface area (Å²) < 4.78 is 30.9. The van der Waals surface area contributed by atoms with Crippen LogP contribution in [0.1, 0.15) is 25.8 Å². The largest absolute Gasteiger partial charge is 0.363 e. The van der Waals surface area contributed by atoms with E-state index in [4.69, 9.17) is 0 Å². The van der Waals surface area contributed by atoms with E-state index < -0.39 is 11.6 Å². The second kappa shape index (κ2) is 6.72. The number of fused-ring (bicyclic) bond motifs is 5. The maximum absolute atomic E-state index is 15.0. The van der Waals surface area contributed by atoms with Gasteiger partial charge < -0.3 is 14.4 Å². The van der Waals surface area contributed by atoms with Crippen molar-refractivity contribution in [3.8, 4) is 0 Å². The van der Waals surface area contributed by atoms with E-state index in [1.54, 1.807) is 7.05 Å². The highest BCUT2D eigenvalue weighted by molar-refractivity contribution is 6.00. The first-order valence-electron chi connectivity index (χ1n) is 9.99. The number of nitrogens with zero attached hydrogens (tertiary/aromatic N) is 4. The molecule has 0 saturated carbocycles. The minimum absolute atomic E-state index is 0.0491. The average molecular weight is 390 g/mol. The van der Waals surface area contributed by atoms with E-state index >= 15 is 4.39 Å². The third kappa shape index (κ3) is 2.63. The molecule has 1 saturated heterocycles. The molecule has 1 fully saturated rings. The molecule has 2 atom stereocenters. The lowest BCUT2D eigenvalue weighted by molar-refractivity contribution is 0.198. The number of hydrogen-bond acceptors (Lipinski definition) is 4. The zero-order valence-electron chi connectivity index (χ0n) is 17.2. The summed E-state index contributed by atoms with van der Waals surface area (Å²) in [7, 11) is 3.68. The van der Waals surface area contributed by atoms with Gasteiger partial charge in [-0.25, -0.2) is 8.78 Å². The number of aromatic nitrogens is 1. The minimum Gasteiger partial charge on any atom is -0.363 e. The molecule has 0 N–H and O–H groups in total. The Hall–Kier alpha value is -2.15. The summed E-state index contributed by atoms with van der Waals surface area (Å²) in [5, 5.41) is 0.486. The number of aryl methyl sites for hydroxylation is 1. The molecule has 0 spiro atoms. The summed E-state index contributed by atoms with van der Waals surface area (Å²) in [6.45, 7) is 8.71. The van der Waals surface area contributed by atoms with E-state index in [0.717, 1.165) is 32.6 Å². The van der Waals surface area contributed by atoms with Crippen molar-refractivity contribution in [3.05, 3.63) is 33.6 Å². The Kier molecular flexibility index (Phi) is 4.61. The smallest absolute Gasteiger partial charge is 0.276 e. The molecule has 2 aromatic rings. The molecule has 0 amide bonds. The van der Waals surface area contributed by atoms with Gasteiger partial charge in [0.25, 0.3) is 5.56 Å². The summed E-state index contributed by atoms with van der Waals surface area (Å²) in [4.78, 5) is 19.9. The summed E-state index contributed by atoms with van der Waals surface area (Å²) in [6.07, 6.45) is 0.899. The van der Waals surface area contributed by atoms with Crippen LogP contribution in [-0.4, -0.2) is 54.8 Å². The monoisotopic (exact) mass is 390 g/mol. The van der Waals surface area contributed by atoms with Crippen LogP contribution in [0.3, 0.4) is 0 Å². The highest BCUT2D eigenvalue weighted by atomic mass is 19.1. The van der Waals surface area contributed by atoms with E-state index in [2.05, 4.69) is 35.6 Å². The lowest BCUT2D eigenvalue weighted by Gasteiger charge is -2.51. The van der Waals surface area contributed by atoms with Crippen LogP contribution in [-0.2, 0) is 7.05 Å². The molecule has 7 heteroatoms. The highest BCUT2D eigenvalue weighted by Gasteiger charge is 2.39. The van der Waals surface area contributed by atoms with Gasteiger partial charge in [-0.2, -0.15) is 0 Å². The Bertz CT molecular complexity index is 1000. The summed E-state index contributed by atoms with van der Waals surface area (Å²) in [6, 6.07) is 1.88. The second-order valence-electron chi connectivity index (χ2n) is 8.30. The molecule has 0 bridgehead atoms. The van der Waals surface area contributed by atoms with Crippen molar-refractivity contribution >= 4 is 22.3 Å². The topological polar surface area (TPSA) is 31.7 Å². The van der Waals surface area contributed by atoms with E-state index in [1.807, 2.05) is 0 Å². The van der Waals surface area contributed by atoms with Crippen LogP contribution in [0.25, 0.3) is 10.9 Å². The van der Waals surface area contributed by atoms with Gasteiger partial charge in [-0.05, 0) is 33.4 Å². The Balaban J connectivity index is 2.08. The Morgan fingerprint density at radius 1 is 1.14 bits per heavy atom. The third-order valence-corrected chi connectivity index (χ3v) is 6.42. The van der Waals surface area contributed by atoms with Gasteiger partial charge in [0, 0.05) is 50.2 Å². The first kappa shape index (κ1) is 19.2. The van der Waals surface area contributed by atoms with E-state index in [-0.39, 0.29) is 22.7 Å². The van der Waals surface area contributed by atoms with Gasteiger partial charge in [0.05, 0.1) is 17.2 Å². The normalized spacial score (nSPS) is 22.5. The van der Waals surface area contributed by atoms with Crippen molar-refractivity contribution < 1.29 is 8.78 Å². The fourth-order valence-electron chi connectivity index (χ4n) is 4.71. The summed E-state index contributed by atoms with van der Waals surface area (Å²) >= 11 is 0. The minimum atomic E-state index is -0.649. The van der Waals surface area contributed by atoms with Crippen molar-refractivity contribution in [2.45, 2.75) is 39.3 Å². The molecule has 1 aromatic carbocycles. The zero-order chi connectivity index (χ0) is 20.3. The average Bonchev–Trinajstić information content (AvgIpc) is 2.65. The fourth-order valence-corrected chi connectivity index (χ4v) is 4.71. The molecule has 4 rings (SSSR count). The number of rotatable bonds is 2.